The van der Waals surface area contributed by atoms with Crippen molar-refractivity contribution in [1.82, 2.24) is 0 Å². The summed E-state index contributed by atoms with van der Waals surface area (Å²) in [6.07, 6.45) is 12.7. The quantitative estimate of drug-likeness (QED) is 0.603. The van der Waals surface area contributed by atoms with Gasteiger partial charge in [-0.05, 0) is 37.7 Å². The summed E-state index contributed by atoms with van der Waals surface area (Å²) in [5.74, 6) is 1.50. The van der Waals surface area contributed by atoms with Gasteiger partial charge in [0.15, 0.2) is 5.78 Å². The second kappa shape index (κ2) is 4.08. The molecular weight excluding hydrogens is 160 g/mol. The highest BCUT2D eigenvalue weighted by Gasteiger charge is 2.28. The lowest BCUT2D eigenvalue weighted by Gasteiger charge is -2.29. The van der Waals surface area contributed by atoms with Crippen molar-refractivity contribution in [2.45, 2.75) is 44.9 Å². The van der Waals surface area contributed by atoms with Gasteiger partial charge in [0.05, 0.1) is 0 Å². The van der Waals surface area contributed by atoms with E-state index in [1.165, 1.54) is 32.1 Å². The summed E-state index contributed by atoms with van der Waals surface area (Å²) < 4.78 is 0. The van der Waals surface area contributed by atoms with Crippen LogP contribution in [0.2, 0.25) is 0 Å². The molecule has 1 heteroatoms. The van der Waals surface area contributed by atoms with E-state index in [9.17, 15) is 4.79 Å². The Hall–Kier alpha value is -0.590. The lowest BCUT2D eigenvalue weighted by molar-refractivity contribution is -0.120. The highest BCUT2D eigenvalue weighted by Crippen LogP contribution is 2.34. The maximum Gasteiger partial charge on any atom is 0.158 e. The fraction of sp³-hybridized carbons (Fsp3) is 0.750. The van der Waals surface area contributed by atoms with Gasteiger partial charge in [0, 0.05) is 5.92 Å². The summed E-state index contributed by atoms with van der Waals surface area (Å²) in [6.45, 7) is 0. The van der Waals surface area contributed by atoms with Crippen LogP contribution in [0.5, 0.6) is 0 Å². The van der Waals surface area contributed by atoms with E-state index < -0.39 is 0 Å². The molecule has 1 saturated carbocycles. The zero-order chi connectivity index (χ0) is 9.10. The molecule has 2 rings (SSSR count). The Kier molecular flexibility index (Phi) is 2.82. The minimum Gasteiger partial charge on any atom is -0.295 e. The zero-order valence-corrected chi connectivity index (χ0v) is 8.17. The molecule has 0 aromatic rings. The van der Waals surface area contributed by atoms with Crippen LogP contribution >= 0.6 is 0 Å². The average molecular weight is 178 g/mol. The smallest absolute Gasteiger partial charge is 0.158 e. The molecule has 0 spiro atoms. The molecule has 0 amide bonds. The number of hydrogen-bond donors (Lipinski definition) is 0. The van der Waals surface area contributed by atoms with E-state index in [1.807, 2.05) is 12.2 Å². The van der Waals surface area contributed by atoms with Gasteiger partial charge in [-0.15, -0.1) is 0 Å². The SMILES string of the molecule is O=C1C=CCCC1C1CCCCC1. The molecule has 1 unspecified atom stereocenters. The maximum absolute atomic E-state index is 11.6. The summed E-state index contributed by atoms with van der Waals surface area (Å²) in [5.41, 5.74) is 0. The molecule has 13 heavy (non-hydrogen) atoms. The number of carbonyl (C=O) groups is 1. The fourth-order valence-corrected chi connectivity index (χ4v) is 2.75. The number of carbonyl (C=O) groups excluding carboxylic acids is 1. The Morgan fingerprint density at radius 2 is 1.85 bits per heavy atom. The van der Waals surface area contributed by atoms with Crippen molar-refractivity contribution in [3.8, 4) is 0 Å². The van der Waals surface area contributed by atoms with Crippen LogP contribution < -0.4 is 0 Å². The van der Waals surface area contributed by atoms with Gasteiger partial charge in [0.1, 0.15) is 0 Å². The Morgan fingerprint density at radius 1 is 1.08 bits per heavy atom. The highest BCUT2D eigenvalue weighted by atomic mass is 16.1. The van der Waals surface area contributed by atoms with Gasteiger partial charge < -0.3 is 0 Å². The minimum atomic E-state index is 0.380. The largest absolute Gasteiger partial charge is 0.295 e. The van der Waals surface area contributed by atoms with Gasteiger partial charge in [-0.3, -0.25) is 4.79 Å². The molecule has 2 aliphatic rings. The molecule has 0 saturated heterocycles. The number of ketones is 1. The molecular formula is C12H18O. The molecule has 0 heterocycles. The summed E-state index contributed by atoms with van der Waals surface area (Å²) >= 11 is 0. The zero-order valence-electron chi connectivity index (χ0n) is 8.17. The second-order valence-corrected chi connectivity index (χ2v) is 4.39. The molecule has 1 atom stereocenters. The first-order chi connectivity index (χ1) is 6.38. The van der Waals surface area contributed by atoms with E-state index >= 15 is 0 Å². The maximum atomic E-state index is 11.6. The van der Waals surface area contributed by atoms with Crippen molar-refractivity contribution in [2.75, 3.05) is 0 Å². The van der Waals surface area contributed by atoms with Gasteiger partial charge >= 0.3 is 0 Å². The van der Waals surface area contributed by atoms with Gasteiger partial charge in [-0.1, -0.05) is 25.3 Å². The summed E-state index contributed by atoms with van der Waals surface area (Å²) in [4.78, 5) is 11.6. The van der Waals surface area contributed by atoms with Crippen molar-refractivity contribution in [3.05, 3.63) is 12.2 Å². The molecule has 1 fully saturated rings. The topological polar surface area (TPSA) is 17.1 Å². The minimum absolute atomic E-state index is 0.380. The molecule has 0 aliphatic heterocycles. The summed E-state index contributed by atoms with van der Waals surface area (Å²) in [6, 6.07) is 0. The van der Waals surface area contributed by atoms with Crippen LogP contribution in [0, 0.1) is 11.8 Å². The Labute approximate surface area is 80.2 Å². The van der Waals surface area contributed by atoms with E-state index in [1.54, 1.807) is 0 Å². The van der Waals surface area contributed by atoms with Crippen molar-refractivity contribution in [2.24, 2.45) is 11.8 Å². The van der Waals surface area contributed by atoms with Crippen molar-refractivity contribution in [1.29, 1.82) is 0 Å². The highest BCUT2D eigenvalue weighted by molar-refractivity contribution is 5.92. The van der Waals surface area contributed by atoms with Crippen LogP contribution in [0.4, 0.5) is 0 Å². The van der Waals surface area contributed by atoms with Crippen LogP contribution in [-0.2, 0) is 4.79 Å². The van der Waals surface area contributed by atoms with Crippen LogP contribution in [0.15, 0.2) is 12.2 Å². The lowest BCUT2D eigenvalue weighted by atomic mass is 9.74. The summed E-state index contributed by atoms with van der Waals surface area (Å²) in [5, 5.41) is 0. The first kappa shape index (κ1) is 8.98. The van der Waals surface area contributed by atoms with Gasteiger partial charge in [-0.2, -0.15) is 0 Å². The fourth-order valence-electron chi connectivity index (χ4n) is 2.75. The Morgan fingerprint density at radius 3 is 2.54 bits per heavy atom. The first-order valence-electron chi connectivity index (χ1n) is 5.58. The molecule has 0 radical (unpaired) electrons. The number of allylic oxidation sites excluding steroid dienone is 2. The van der Waals surface area contributed by atoms with E-state index in [2.05, 4.69) is 0 Å². The molecule has 1 nitrogen and oxygen atoms in total. The standard InChI is InChI=1S/C12H18O/c13-12-9-5-4-8-11(12)10-6-2-1-3-7-10/h5,9-11H,1-4,6-8H2. The molecule has 72 valence electrons. The van der Waals surface area contributed by atoms with Gasteiger partial charge in [0.25, 0.3) is 0 Å². The predicted molar refractivity (Wildman–Crippen MR) is 53.4 cm³/mol. The van der Waals surface area contributed by atoms with Crippen LogP contribution in [0.25, 0.3) is 0 Å². The Bertz CT molecular complexity index is 211. The number of hydrogen-bond acceptors (Lipinski definition) is 1. The van der Waals surface area contributed by atoms with E-state index in [4.69, 9.17) is 0 Å². The normalized spacial score (nSPS) is 30.8. The van der Waals surface area contributed by atoms with Crippen LogP contribution in [0.1, 0.15) is 44.9 Å². The monoisotopic (exact) mass is 178 g/mol. The van der Waals surface area contributed by atoms with Gasteiger partial charge in [0.2, 0.25) is 0 Å². The van der Waals surface area contributed by atoms with E-state index in [-0.39, 0.29) is 0 Å². The average Bonchev–Trinajstić information content (AvgIpc) is 2.20. The van der Waals surface area contributed by atoms with Gasteiger partial charge in [-0.25, -0.2) is 0 Å². The number of rotatable bonds is 1. The molecule has 0 N–H and O–H groups in total. The second-order valence-electron chi connectivity index (χ2n) is 4.39. The van der Waals surface area contributed by atoms with Crippen molar-refractivity contribution < 1.29 is 4.79 Å². The third-order valence-electron chi connectivity index (χ3n) is 3.51. The summed E-state index contributed by atoms with van der Waals surface area (Å²) in [7, 11) is 0. The lowest BCUT2D eigenvalue weighted by Crippen LogP contribution is -2.26. The predicted octanol–water partition coefficient (Wildman–Crippen LogP) is 3.10. The third kappa shape index (κ3) is 2.01. The molecule has 2 aliphatic carbocycles. The molecule has 0 aromatic carbocycles. The molecule has 0 bridgehead atoms. The third-order valence-corrected chi connectivity index (χ3v) is 3.51. The van der Waals surface area contributed by atoms with E-state index in [0.29, 0.717) is 17.6 Å². The first-order valence-corrected chi connectivity index (χ1v) is 5.58. The van der Waals surface area contributed by atoms with Crippen molar-refractivity contribution in [3.63, 3.8) is 0 Å². The van der Waals surface area contributed by atoms with E-state index in [0.717, 1.165) is 12.8 Å². The van der Waals surface area contributed by atoms with Crippen LogP contribution in [-0.4, -0.2) is 5.78 Å². The van der Waals surface area contributed by atoms with Crippen molar-refractivity contribution >= 4 is 5.78 Å². The van der Waals surface area contributed by atoms with Crippen LogP contribution in [0.3, 0.4) is 0 Å². The Balaban J connectivity index is 1.98. The molecule has 0 aromatic heterocycles.